The Kier molecular flexibility index (Phi) is 5.78. The molecule has 0 aliphatic carbocycles. The number of methoxy groups -OCH3 is 1. The summed E-state index contributed by atoms with van der Waals surface area (Å²) in [6, 6.07) is 0. The molecule has 0 heterocycles. The smallest absolute Gasteiger partial charge is 0.389 e. The van der Waals surface area contributed by atoms with Gasteiger partial charge in [0.15, 0.2) is 0 Å². The molecule has 0 radical (unpaired) electrons. The third-order valence-electron chi connectivity index (χ3n) is 2.53. The molecule has 0 saturated heterocycles. The molecule has 0 fully saturated rings. The lowest BCUT2D eigenvalue weighted by atomic mass is 9.82. The number of alkyl halides is 3. The van der Waals surface area contributed by atoms with Crippen LogP contribution in [-0.4, -0.2) is 25.8 Å². The monoisotopic (exact) mass is 241 g/mol. The van der Waals surface area contributed by atoms with Crippen LogP contribution in [-0.2, 0) is 9.53 Å². The van der Waals surface area contributed by atoms with Crippen molar-refractivity contribution < 1.29 is 22.7 Å². The highest BCUT2D eigenvalue weighted by Crippen LogP contribution is 2.31. The molecule has 0 aliphatic heterocycles. The van der Waals surface area contributed by atoms with Gasteiger partial charge in [-0.3, -0.25) is 4.79 Å². The molecular weight excluding hydrogens is 223 g/mol. The standard InChI is InChI=1S/C10H18F3NO2/c1-9(7-14,6-8(15)16-2)4-3-5-10(11,12)13/h3-7,14H2,1-2H3. The molecule has 1 unspecified atom stereocenters. The first-order chi connectivity index (χ1) is 7.22. The highest BCUT2D eigenvalue weighted by atomic mass is 19.4. The maximum Gasteiger partial charge on any atom is 0.389 e. The van der Waals surface area contributed by atoms with Gasteiger partial charge in [-0.05, 0) is 24.8 Å². The summed E-state index contributed by atoms with van der Waals surface area (Å²) in [6.45, 7) is 1.86. The molecule has 3 nitrogen and oxygen atoms in total. The van der Waals surface area contributed by atoms with Gasteiger partial charge >= 0.3 is 12.1 Å². The van der Waals surface area contributed by atoms with Gasteiger partial charge in [0.25, 0.3) is 0 Å². The van der Waals surface area contributed by atoms with Gasteiger partial charge in [-0.1, -0.05) is 6.92 Å². The lowest BCUT2D eigenvalue weighted by Crippen LogP contribution is -2.30. The molecule has 16 heavy (non-hydrogen) atoms. The molecule has 0 amide bonds. The van der Waals surface area contributed by atoms with Gasteiger partial charge in [0.1, 0.15) is 0 Å². The zero-order valence-corrected chi connectivity index (χ0v) is 9.56. The van der Waals surface area contributed by atoms with Crippen LogP contribution in [0.3, 0.4) is 0 Å². The summed E-state index contributed by atoms with van der Waals surface area (Å²) >= 11 is 0. The van der Waals surface area contributed by atoms with Crippen molar-refractivity contribution in [2.45, 2.75) is 38.8 Å². The number of hydrogen-bond acceptors (Lipinski definition) is 3. The van der Waals surface area contributed by atoms with Crippen LogP contribution >= 0.6 is 0 Å². The van der Waals surface area contributed by atoms with Gasteiger partial charge in [0, 0.05) is 6.42 Å². The Bertz CT molecular complexity index is 231. The third-order valence-corrected chi connectivity index (χ3v) is 2.53. The first-order valence-electron chi connectivity index (χ1n) is 5.06. The lowest BCUT2D eigenvalue weighted by Gasteiger charge is -2.26. The highest BCUT2D eigenvalue weighted by molar-refractivity contribution is 5.70. The Balaban J connectivity index is 4.11. The topological polar surface area (TPSA) is 52.3 Å². The van der Waals surface area contributed by atoms with Crippen molar-refractivity contribution in [2.24, 2.45) is 11.1 Å². The maximum absolute atomic E-state index is 11.9. The molecule has 6 heteroatoms. The van der Waals surface area contributed by atoms with Crippen LogP contribution < -0.4 is 5.73 Å². The van der Waals surface area contributed by atoms with Gasteiger partial charge in [0.05, 0.1) is 13.5 Å². The molecule has 2 N–H and O–H groups in total. The largest absolute Gasteiger partial charge is 0.469 e. The van der Waals surface area contributed by atoms with Crippen molar-refractivity contribution in [2.75, 3.05) is 13.7 Å². The molecule has 96 valence electrons. The summed E-state index contributed by atoms with van der Waals surface area (Å²) in [7, 11) is 1.25. The molecule has 0 aromatic carbocycles. The highest BCUT2D eigenvalue weighted by Gasteiger charge is 2.31. The van der Waals surface area contributed by atoms with E-state index in [1.807, 2.05) is 0 Å². The van der Waals surface area contributed by atoms with E-state index in [0.29, 0.717) is 0 Å². The number of carbonyl (C=O) groups is 1. The fourth-order valence-corrected chi connectivity index (χ4v) is 1.40. The van der Waals surface area contributed by atoms with E-state index in [1.165, 1.54) is 7.11 Å². The molecule has 0 saturated carbocycles. The van der Waals surface area contributed by atoms with Crippen LogP contribution in [0.4, 0.5) is 13.2 Å². The molecule has 1 atom stereocenters. The predicted molar refractivity (Wildman–Crippen MR) is 53.7 cm³/mol. The van der Waals surface area contributed by atoms with Gasteiger partial charge in [-0.25, -0.2) is 0 Å². The Morgan fingerprint density at radius 3 is 2.25 bits per heavy atom. The van der Waals surface area contributed by atoms with E-state index in [1.54, 1.807) is 6.92 Å². The van der Waals surface area contributed by atoms with E-state index in [-0.39, 0.29) is 25.8 Å². The zero-order chi connectivity index (χ0) is 12.8. The van der Waals surface area contributed by atoms with Crippen molar-refractivity contribution in [1.29, 1.82) is 0 Å². The fourth-order valence-electron chi connectivity index (χ4n) is 1.40. The molecule has 0 rings (SSSR count). The first kappa shape index (κ1) is 15.2. The summed E-state index contributed by atoms with van der Waals surface area (Å²) in [4.78, 5) is 11.0. The summed E-state index contributed by atoms with van der Waals surface area (Å²) in [5.74, 6) is -0.444. The second-order valence-corrected chi connectivity index (χ2v) is 4.24. The Morgan fingerprint density at radius 1 is 1.31 bits per heavy atom. The molecule has 0 bridgehead atoms. The van der Waals surface area contributed by atoms with Crippen LogP contribution in [0.5, 0.6) is 0 Å². The van der Waals surface area contributed by atoms with Crippen molar-refractivity contribution in [1.82, 2.24) is 0 Å². The van der Waals surface area contributed by atoms with Crippen LogP contribution in [0, 0.1) is 5.41 Å². The number of carbonyl (C=O) groups excluding carboxylic acids is 1. The Morgan fingerprint density at radius 2 is 1.88 bits per heavy atom. The predicted octanol–water partition coefficient (Wildman–Crippen LogP) is 2.25. The quantitative estimate of drug-likeness (QED) is 0.725. The number of ether oxygens (including phenoxy) is 1. The van der Waals surface area contributed by atoms with Crippen LogP contribution in [0.1, 0.15) is 32.6 Å². The normalized spacial score (nSPS) is 15.6. The van der Waals surface area contributed by atoms with Crippen molar-refractivity contribution in [3.8, 4) is 0 Å². The number of nitrogens with two attached hydrogens (primary N) is 1. The minimum Gasteiger partial charge on any atom is -0.469 e. The second kappa shape index (κ2) is 6.08. The van der Waals surface area contributed by atoms with E-state index >= 15 is 0 Å². The molecule has 0 aliphatic rings. The van der Waals surface area contributed by atoms with Crippen LogP contribution in [0.2, 0.25) is 0 Å². The van der Waals surface area contributed by atoms with E-state index < -0.39 is 24.0 Å². The molecular formula is C10H18F3NO2. The van der Waals surface area contributed by atoms with Crippen molar-refractivity contribution in [3.63, 3.8) is 0 Å². The Labute approximate surface area is 93.1 Å². The lowest BCUT2D eigenvalue weighted by molar-refractivity contribution is -0.143. The Hall–Kier alpha value is -0.780. The van der Waals surface area contributed by atoms with Gasteiger partial charge in [-0.15, -0.1) is 0 Å². The summed E-state index contributed by atoms with van der Waals surface area (Å²) < 4.78 is 40.3. The average Bonchev–Trinajstić information content (AvgIpc) is 2.15. The second-order valence-electron chi connectivity index (χ2n) is 4.24. The zero-order valence-electron chi connectivity index (χ0n) is 9.56. The minimum atomic E-state index is -4.15. The van der Waals surface area contributed by atoms with E-state index in [9.17, 15) is 18.0 Å². The minimum absolute atomic E-state index is 0.0196. The molecule has 0 spiro atoms. The molecule has 0 aromatic rings. The van der Waals surface area contributed by atoms with Gasteiger partial charge in [0.2, 0.25) is 0 Å². The number of rotatable bonds is 6. The first-order valence-corrected chi connectivity index (χ1v) is 5.06. The van der Waals surface area contributed by atoms with Gasteiger partial charge in [-0.2, -0.15) is 13.2 Å². The number of hydrogen-bond donors (Lipinski definition) is 1. The fraction of sp³-hybridized carbons (Fsp3) is 0.900. The van der Waals surface area contributed by atoms with Crippen molar-refractivity contribution in [3.05, 3.63) is 0 Å². The van der Waals surface area contributed by atoms with E-state index in [2.05, 4.69) is 4.74 Å². The van der Waals surface area contributed by atoms with Gasteiger partial charge < -0.3 is 10.5 Å². The van der Waals surface area contributed by atoms with Crippen LogP contribution in [0.15, 0.2) is 0 Å². The number of esters is 1. The number of halogens is 3. The maximum atomic E-state index is 11.9. The summed E-state index contributed by atoms with van der Waals surface area (Å²) in [5, 5.41) is 0. The average molecular weight is 241 g/mol. The third kappa shape index (κ3) is 6.66. The van der Waals surface area contributed by atoms with E-state index in [0.717, 1.165) is 0 Å². The summed E-state index contributed by atoms with van der Waals surface area (Å²) in [6.07, 6.45) is -4.70. The van der Waals surface area contributed by atoms with Crippen molar-refractivity contribution >= 4 is 5.97 Å². The SMILES string of the molecule is COC(=O)CC(C)(CN)CCCC(F)(F)F. The summed E-state index contributed by atoms with van der Waals surface area (Å²) in [5.41, 5.74) is 4.86. The van der Waals surface area contributed by atoms with Crippen LogP contribution in [0.25, 0.3) is 0 Å². The molecule has 0 aromatic heterocycles. The van der Waals surface area contributed by atoms with E-state index in [4.69, 9.17) is 5.73 Å².